The van der Waals surface area contributed by atoms with E-state index in [-0.39, 0.29) is 11.9 Å². The highest BCUT2D eigenvalue weighted by molar-refractivity contribution is 7.22. The summed E-state index contributed by atoms with van der Waals surface area (Å²) in [5.74, 6) is -0.124. The summed E-state index contributed by atoms with van der Waals surface area (Å²) in [5, 5.41) is 1.00. The summed E-state index contributed by atoms with van der Waals surface area (Å²) in [6.07, 6.45) is 0.850. The van der Waals surface area contributed by atoms with Gasteiger partial charge in [-0.15, -0.1) is 0 Å². The van der Waals surface area contributed by atoms with Crippen LogP contribution in [0.15, 0.2) is 24.3 Å². The van der Waals surface area contributed by atoms with E-state index in [1.54, 1.807) is 11.3 Å². The van der Waals surface area contributed by atoms with Gasteiger partial charge in [0.2, 0.25) is 0 Å². The quantitative estimate of drug-likeness (QED) is 0.779. The second-order valence-corrected chi connectivity index (χ2v) is 5.43. The number of ether oxygens (including phenoxy) is 1. The Morgan fingerprint density at radius 2 is 2.33 bits per heavy atom. The Labute approximate surface area is 109 Å². The molecule has 1 atom stereocenters. The maximum Gasteiger partial charge on any atom is 0.310 e. The molecule has 0 saturated carbocycles. The van der Waals surface area contributed by atoms with Crippen LogP contribution in [0.2, 0.25) is 0 Å². The summed E-state index contributed by atoms with van der Waals surface area (Å²) in [6, 6.07) is 8.10. The van der Waals surface area contributed by atoms with Crippen LogP contribution in [0.25, 0.3) is 10.2 Å². The Morgan fingerprint density at radius 3 is 3.11 bits per heavy atom. The number of anilines is 1. The third kappa shape index (κ3) is 1.95. The molecule has 1 fully saturated rings. The molecule has 1 aromatic heterocycles. The second kappa shape index (κ2) is 4.57. The van der Waals surface area contributed by atoms with Crippen LogP contribution in [-0.4, -0.2) is 31.2 Å². The van der Waals surface area contributed by atoms with E-state index in [1.807, 2.05) is 18.2 Å². The number of esters is 1. The van der Waals surface area contributed by atoms with Gasteiger partial charge in [0.1, 0.15) is 0 Å². The maximum atomic E-state index is 11.5. The van der Waals surface area contributed by atoms with Crippen molar-refractivity contribution < 1.29 is 9.53 Å². The highest BCUT2D eigenvalue weighted by Crippen LogP contribution is 2.32. The molecule has 1 aliphatic heterocycles. The number of rotatable bonds is 2. The van der Waals surface area contributed by atoms with E-state index in [0.29, 0.717) is 6.54 Å². The second-order valence-electron chi connectivity index (χ2n) is 4.42. The summed E-state index contributed by atoms with van der Waals surface area (Å²) in [4.78, 5) is 18.3. The van der Waals surface area contributed by atoms with Crippen molar-refractivity contribution in [2.75, 3.05) is 25.1 Å². The number of fused-ring (bicyclic) bond motifs is 1. The normalized spacial score (nSPS) is 19.4. The highest BCUT2D eigenvalue weighted by atomic mass is 32.1. The predicted octanol–water partition coefficient (Wildman–Crippen LogP) is 2.30. The van der Waals surface area contributed by atoms with E-state index in [0.717, 1.165) is 23.6 Å². The van der Waals surface area contributed by atoms with Gasteiger partial charge in [-0.3, -0.25) is 4.79 Å². The molecule has 0 N–H and O–H groups in total. The number of aromatic nitrogens is 1. The molecule has 1 saturated heterocycles. The molecule has 4 nitrogen and oxygen atoms in total. The van der Waals surface area contributed by atoms with E-state index in [4.69, 9.17) is 4.74 Å². The van der Waals surface area contributed by atoms with E-state index in [1.165, 1.54) is 11.8 Å². The van der Waals surface area contributed by atoms with E-state index < -0.39 is 0 Å². The number of carbonyl (C=O) groups is 1. The van der Waals surface area contributed by atoms with Crippen LogP contribution in [0, 0.1) is 5.92 Å². The molecule has 0 bridgehead atoms. The molecule has 1 unspecified atom stereocenters. The molecule has 1 aromatic carbocycles. The maximum absolute atomic E-state index is 11.5. The first-order valence-corrected chi connectivity index (χ1v) is 6.78. The minimum Gasteiger partial charge on any atom is -0.469 e. The molecular formula is C13H14N2O2S. The average Bonchev–Trinajstić information content (AvgIpc) is 3.03. The Morgan fingerprint density at radius 1 is 1.50 bits per heavy atom. The molecule has 18 heavy (non-hydrogen) atoms. The fourth-order valence-electron chi connectivity index (χ4n) is 2.29. The van der Waals surface area contributed by atoms with Gasteiger partial charge in [0, 0.05) is 13.1 Å². The van der Waals surface area contributed by atoms with Crippen molar-refractivity contribution in [1.82, 2.24) is 4.98 Å². The zero-order valence-corrected chi connectivity index (χ0v) is 10.9. The zero-order chi connectivity index (χ0) is 12.5. The van der Waals surface area contributed by atoms with Gasteiger partial charge in [-0.2, -0.15) is 0 Å². The van der Waals surface area contributed by atoms with Crippen LogP contribution in [0.4, 0.5) is 5.13 Å². The summed E-state index contributed by atoms with van der Waals surface area (Å²) >= 11 is 1.68. The van der Waals surface area contributed by atoms with E-state index >= 15 is 0 Å². The molecule has 1 aliphatic rings. The third-order valence-electron chi connectivity index (χ3n) is 3.28. The van der Waals surface area contributed by atoms with Crippen LogP contribution in [0.3, 0.4) is 0 Å². The molecule has 0 amide bonds. The third-order valence-corrected chi connectivity index (χ3v) is 4.37. The van der Waals surface area contributed by atoms with Crippen LogP contribution in [0.1, 0.15) is 6.42 Å². The number of para-hydroxylation sites is 1. The van der Waals surface area contributed by atoms with Crippen molar-refractivity contribution >= 4 is 32.7 Å². The topological polar surface area (TPSA) is 42.4 Å². The average molecular weight is 262 g/mol. The molecule has 2 aromatic rings. The molecule has 0 radical (unpaired) electrons. The van der Waals surface area contributed by atoms with Crippen molar-refractivity contribution in [3.63, 3.8) is 0 Å². The molecule has 5 heteroatoms. The fourth-order valence-corrected chi connectivity index (χ4v) is 3.29. The number of carbonyl (C=O) groups excluding carboxylic acids is 1. The predicted molar refractivity (Wildman–Crippen MR) is 72.0 cm³/mol. The first kappa shape index (κ1) is 11.5. The van der Waals surface area contributed by atoms with Crippen LogP contribution >= 0.6 is 11.3 Å². The first-order chi connectivity index (χ1) is 8.78. The summed E-state index contributed by atoms with van der Waals surface area (Å²) < 4.78 is 5.98. The summed E-state index contributed by atoms with van der Waals surface area (Å²) in [5.41, 5.74) is 1.03. The molecule has 0 spiro atoms. The first-order valence-electron chi connectivity index (χ1n) is 5.96. The van der Waals surface area contributed by atoms with Gasteiger partial charge >= 0.3 is 5.97 Å². The van der Waals surface area contributed by atoms with Gasteiger partial charge in [0.15, 0.2) is 5.13 Å². The lowest BCUT2D eigenvalue weighted by Crippen LogP contribution is -2.23. The van der Waals surface area contributed by atoms with Gasteiger partial charge in [0.05, 0.1) is 23.2 Å². The molecule has 0 aliphatic carbocycles. The lowest BCUT2D eigenvalue weighted by atomic mass is 10.1. The van der Waals surface area contributed by atoms with Crippen molar-refractivity contribution in [2.45, 2.75) is 6.42 Å². The van der Waals surface area contributed by atoms with Crippen molar-refractivity contribution in [3.05, 3.63) is 24.3 Å². The van der Waals surface area contributed by atoms with Gasteiger partial charge in [-0.1, -0.05) is 23.5 Å². The van der Waals surface area contributed by atoms with Crippen LogP contribution < -0.4 is 4.90 Å². The minimum atomic E-state index is -0.112. The molecule has 3 rings (SSSR count). The Hall–Kier alpha value is -1.62. The largest absolute Gasteiger partial charge is 0.469 e. The lowest BCUT2D eigenvalue weighted by molar-refractivity contribution is -0.144. The Bertz CT molecular complexity index is 548. The Kier molecular flexibility index (Phi) is 2.91. The van der Waals surface area contributed by atoms with Gasteiger partial charge in [0.25, 0.3) is 0 Å². The SMILES string of the molecule is COC(=O)C1CCN(c2nc3ccccc3s2)C1. The van der Waals surface area contributed by atoms with Gasteiger partial charge in [-0.05, 0) is 18.6 Å². The number of methoxy groups -OCH3 is 1. The number of benzene rings is 1. The smallest absolute Gasteiger partial charge is 0.310 e. The number of nitrogens with zero attached hydrogens (tertiary/aromatic N) is 2. The molecular weight excluding hydrogens is 248 g/mol. The zero-order valence-electron chi connectivity index (χ0n) is 10.1. The van der Waals surface area contributed by atoms with Crippen molar-refractivity contribution in [1.29, 1.82) is 0 Å². The van der Waals surface area contributed by atoms with Gasteiger partial charge < -0.3 is 9.64 Å². The van der Waals surface area contributed by atoms with Gasteiger partial charge in [-0.25, -0.2) is 4.98 Å². The lowest BCUT2D eigenvalue weighted by Gasteiger charge is -2.13. The standard InChI is InChI=1S/C13H14N2O2S/c1-17-12(16)9-6-7-15(8-9)13-14-10-4-2-3-5-11(10)18-13/h2-5,9H,6-8H2,1H3. The van der Waals surface area contributed by atoms with Crippen molar-refractivity contribution in [3.8, 4) is 0 Å². The van der Waals surface area contributed by atoms with E-state index in [9.17, 15) is 4.79 Å². The number of hydrogen-bond donors (Lipinski definition) is 0. The minimum absolute atomic E-state index is 0.0120. The van der Waals surface area contributed by atoms with Crippen LogP contribution in [0.5, 0.6) is 0 Å². The monoisotopic (exact) mass is 262 g/mol. The molecule has 94 valence electrons. The molecule has 2 heterocycles. The fraction of sp³-hybridized carbons (Fsp3) is 0.385. The van der Waals surface area contributed by atoms with Crippen molar-refractivity contribution in [2.24, 2.45) is 5.92 Å². The number of hydrogen-bond acceptors (Lipinski definition) is 5. The number of thiazole rings is 1. The highest BCUT2D eigenvalue weighted by Gasteiger charge is 2.30. The Balaban J connectivity index is 1.82. The summed E-state index contributed by atoms with van der Waals surface area (Å²) in [6.45, 7) is 1.59. The van der Waals surface area contributed by atoms with Crippen LogP contribution in [-0.2, 0) is 9.53 Å². The summed E-state index contributed by atoms with van der Waals surface area (Å²) in [7, 11) is 1.45. The van der Waals surface area contributed by atoms with E-state index in [2.05, 4.69) is 16.0 Å².